The smallest absolute Gasteiger partial charge is 0.317 e. The molecule has 0 aromatic rings. The van der Waals surface area contributed by atoms with Gasteiger partial charge in [-0.25, -0.2) is 4.79 Å². The largest absolute Gasteiger partial charge is 0.481 e. The van der Waals surface area contributed by atoms with E-state index in [2.05, 4.69) is 19.2 Å². The maximum absolute atomic E-state index is 12.3. The number of amides is 2. The number of nitrogens with one attached hydrogen (secondary N) is 1. The monoisotopic (exact) mass is 284 g/mol. The Kier molecular flexibility index (Phi) is 6.30. The van der Waals surface area contributed by atoms with Gasteiger partial charge in [-0.1, -0.05) is 13.8 Å². The van der Waals surface area contributed by atoms with Crippen LogP contribution >= 0.6 is 0 Å². The number of rotatable bonds is 6. The Hall–Kier alpha value is -1.26. The van der Waals surface area contributed by atoms with E-state index in [9.17, 15) is 9.59 Å². The Morgan fingerprint density at radius 3 is 2.40 bits per heavy atom. The van der Waals surface area contributed by atoms with Crippen LogP contribution in [0, 0.1) is 11.8 Å². The van der Waals surface area contributed by atoms with Gasteiger partial charge in [0.15, 0.2) is 0 Å². The first kappa shape index (κ1) is 16.8. The average Bonchev–Trinajstić information content (AvgIpc) is 2.65. The number of carbonyl (C=O) groups is 2. The zero-order chi connectivity index (χ0) is 15.3. The molecule has 1 aliphatic rings. The second-order valence-electron chi connectivity index (χ2n) is 6.25. The van der Waals surface area contributed by atoms with Crippen LogP contribution in [0.25, 0.3) is 0 Å². The first-order valence-electron chi connectivity index (χ1n) is 7.61. The molecule has 0 aromatic heterocycles. The van der Waals surface area contributed by atoms with Gasteiger partial charge in [-0.05, 0) is 44.9 Å². The molecule has 3 atom stereocenters. The van der Waals surface area contributed by atoms with Crippen LogP contribution < -0.4 is 5.32 Å². The summed E-state index contributed by atoms with van der Waals surface area (Å²) >= 11 is 0. The molecular formula is C15H28N2O3. The van der Waals surface area contributed by atoms with Gasteiger partial charge in [-0.3, -0.25) is 4.79 Å². The van der Waals surface area contributed by atoms with Gasteiger partial charge in [0, 0.05) is 25.0 Å². The van der Waals surface area contributed by atoms with Crippen LogP contribution in [0.3, 0.4) is 0 Å². The van der Waals surface area contributed by atoms with Crippen molar-refractivity contribution < 1.29 is 14.7 Å². The molecule has 1 fully saturated rings. The van der Waals surface area contributed by atoms with Crippen molar-refractivity contribution in [3.8, 4) is 0 Å². The summed E-state index contributed by atoms with van der Waals surface area (Å²) in [5.41, 5.74) is 0. The maximum atomic E-state index is 12.3. The van der Waals surface area contributed by atoms with E-state index in [1.807, 2.05) is 13.8 Å². The molecular weight excluding hydrogens is 256 g/mol. The molecule has 2 N–H and O–H groups in total. The van der Waals surface area contributed by atoms with Gasteiger partial charge in [0.05, 0.1) is 0 Å². The lowest BCUT2D eigenvalue weighted by Crippen LogP contribution is -2.49. The fraction of sp³-hybridized carbons (Fsp3) is 0.867. The predicted octanol–water partition coefficient (Wildman–Crippen LogP) is 2.71. The Morgan fingerprint density at radius 1 is 1.30 bits per heavy atom. The molecule has 0 aromatic carbocycles. The zero-order valence-electron chi connectivity index (χ0n) is 13.1. The number of urea groups is 1. The highest BCUT2D eigenvalue weighted by Crippen LogP contribution is 2.31. The molecule has 116 valence electrons. The average molecular weight is 284 g/mol. The summed E-state index contributed by atoms with van der Waals surface area (Å²) in [5, 5.41) is 11.8. The first-order valence-corrected chi connectivity index (χ1v) is 7.61. The van der Waals surface area contributed by atoms with E-state index >= 15 is 0 Å². The van der Waals surface area contributed by atoms with E-state index in [0.29, 0.717) is 24.8 Å². The fourth-order valence-electron chi connectivity index (χ4n) is 2.80. The van der Waals surface area contributed by atoms with Gasteiger partial charge in [0.2, 0.25) is 0 Å². The molecule has 5 heteroatoms. The number of carboxylic acid groups (broad SMARTS) is 1. The second-order valence-corrected chi connectivity index (χ2v) is 6.25. The highest BCUT2D eigenvalue weighted by Gasteiger charge is 2.32. The van der Waals surface area contributed by atoms with Gasteiger partial charge >= 0.3 is 12.0 Å². The summed E-state index contributed by atoms with van der Waals surface area (Å²) in [6.07, 6.45) is 2.80. The van der Waals surface area contributed by atoms with Crippen molar-refractivity contribution in [2.24, 2.45) is 11.8 Å². The van der Waals surface area contributed by atoms with Gasteiger partial charge < -0.3 is 15.3 Å². The standard InChI is InChI=1S/C15H28N2O3/c1-10(2)17(9-5-6-14(18)19)15(20)16-13-8-7-11(3)12(13)4/h10-13H,5-9H2,1-4H3,(H,16,20)(H,18,19). The summed E-state index contributed by atoms with van der Waals surface area (Å²) in [7, 11) is 0. The maximum Gasteiger partial charge on any atom is 0.317 e. The van der Waals surface area contributed by atoms with Crippen LogP contribution in [0.15, 0.2) is 0 Å². The van der Waals surface area contributed by atoms with Crippen LogP contribution in [0.5, 0.6) is 0 Å². The lowest BCUT2D eigenvalue weighted by molar-refractivity contribution is -0.137. The van der Waals surface area contributed by atoms with Crippen molar-refractivity contribution in [1.29, 1.82) is 0 Å². The van der Waals surface area contributed by atoms with Crippen molar-refractivity contribution in [2.45, 2.75) is 65.5 Å². The van der Waals surface area contributed by atoms with Gasteiger partial charge in [-0.2, -0.15) is 0 Å². The summed E-state index contributed by atoms with van der Waals surface area (Å²) in [6, 6.07) is 0.271. The predicted molar refractivity (Wildman–Crippen MR) is 78.6 cm³/mol. The van der Waals surface area contributed by atoms with Crippen LogP contribution in [0.1, 0.15) is 53.4 Å². The van der Waals surface area contributed by atoms with Crippen LogP contribution in [0.4, 0.5) is 4.79 Å². The minimum atomic E-state index is -0.813. The quantitative estimate of drug-likeness (QED) is 0.788. The lowest BCUT2D eigenvalue weighted by Gasteiger charge is -2.30. The van der Waals surface area contributed by atoms with Crippen LogP contribution in [0.2, 0.25) is 0 Å². The summed E-state index contributed by atoms with van der Waals surface area (Å²) in [4.78, 5) is 24.6. The molecule has 0 heterocycles. The van der Waals surface area contributed by atoms with Crippen molar-refractivity contribution in [3.63, 3.8) is 0 Å². The Morgan fingerprint density at radius 2 is 1.95 bits per heavy atom. The van der Waals surface area contributed by atoms with Gasteiger partial charge in [-0.15, -0.1) is 0 Å². The summed E-state index contributed by atoms with van der Waals surface area (Å²) in [5.74, 6) is 0.346. The van der Waals surface area contributed by atoms with Gasteiger partial charge in [0.1, 0.15) is 0 Å². The molecule has 2 amide bonds. The van der Waals surface area contributed by atoms with E-state index < -0.39 is 5.97 Å². The summed E-state index contributed by atoms with van der Waals surface area (Å²) in [6.45, 7) is 8.82. The molecule has 1 aliphatic carbocycles. The van der Waals surface area contributed by atoms with Crippen molar-refractivity contribution in [1.82, 2.24) is 10.2 Å². The number of hydrogen-bond donors (Lipinski definition) is 2. The molecule has 0 spiro atoms. The van der Waals surface area contributed by atoms with E-state index in [1.54, 1.807) is 4.90 Å². The van der Waals surface area contributed by atoms with Gasteiger partial charge in [0.25, 0.3) is 0 Å². The molecule has 0 aliphatic heterocycles. The Bertz CT molecular complexity index is 344. The molecule has 5 nitrogen and oxygen atoms in total. The summed E-state index contributed by atoms with van der Waals surface area (Å²) < 4.78 is 0. The number of carboxylic acids is 1. The number of hydrogen-bond acceptors (Lipinski definition) is 2. The van der Waals surface area contributed by atoms with E-state index in [-0.39, 0.29) is 24.5 Å². The Balaban J connectivity index is 2.49. The number of carbonyl (C=O) groups excluding carboxylic acids is 1. The van der Waals surface area contributed by atoms with Crippen molar-refractivity contribution in [3.05, 3.63) is 0 Å². The molecule has 0 bridgehead atoms. The fourth-order valence-corrected chi connectivity index (χ4v) is 2.80. The van der Waals surface area contributed by atoms with E-state index in [1.165, 1.54) is 0 Å². The number of nitrogens with zero attached hydrogens (tertiary/aromatic N) is 1. The minimum Gasteiger partial charge on any atom is -0.481 e. The van der Waals surface area contributed by atoms with Crippen molar-refractivity contribution in [2.75, 3.05) is 6.54 Å². The third-order valence-electron chi connectivity index (χ3n) is 4.45. The van der Waals surface area contributed by atoms with E-state index in [4.69, 9.17) is 5.11 Å². The molecule has 0 radical (unpaired) electrons. The zero-order valence-corrected chi connectivity index (χ0v) is 13.1. The first-order chi connectivity index (χ1) is 9.32. The molecule has 0 saturated heterocycles. The lowest BCUT2D eigenvalue weighted by atomic mass is 9.98. The minimum absolute atomic E-state index is 0.0589. The van der Waals surface area contributed by atoms with Crippen molar-refractivity contribution >= 4 is 12.0 Å². The van der Waals surface area contributed by atoms with Crippen LogP contribution in [-0.2, 0) is 4.79 Å². The van der Waals surface area contributed by atoms with Crippen LogP contribution in [-0.4, -0.2) is 40.6 Å². The molecule has 1 rings (SSSR count). The normalized spacial score (nSPS) is 25.8. The molecule has 1 saturated carbocycles. The second kappa shape index (κ2) is 7.50. The third kappa shape index (κ3) is 4.69. The SMILES string of the molecule is CC1CCC(NC(=O)N(CCCC(=O)O)C(C)C)C1C. The topological polar surface area (TPSA) is 69.6 Å². The molecule has 3 unspecified atom stereocenters. The highest BCUT2D eigenvalue weighted by molar-refractivity contribution is 5.75. The third-order valence-corrected chi connectivity index (χ3v) is 4.45. The van der Waals surface area contributed by atoms with E-state index in [0.717, 1.165) is 12.8 Å². The molecule has 20 heavy (non-hydrogen) atoms. The Labute approximate surface area is 121 Å². The highest BCUT2D eigenvalue weighted by atomic mass is 16.4. The number of aliphatic carboxylic acids is 1.